The molecule has 0 radical (unpaired) electrons. The van der Waals surface area contributed by atoms with E-state index in [9.17, 15) is 9.59 Å². The summed E-state index contributed by atoms with van der Waals surface area (Å²) in [6.45, 7) is 3.41. The largest absolute Gasteiger partial charge is 0.381 e. The fourth-order valence-electron chi connectivity index (χ4n) is 4.42. The van der Waals surface area contributed by atoms with Crippen molar-refractivity contribution in [2.75, 3.05) is 33.4 Å². The van der Waals surface area contributed by atoms with Crippen LogP contribution in [0.5, 0.6) is 0 Å². The van der Waals surface area contributed by atoms with Crippen LogP contribution in [0.2, 0.25) is 0 Å². The van der Waals surface area contributed by atoms with Crippen molar-refractivity contribution in [2.24, 2.45) is 11.7 Å². The van der Waals surface area contributed by atoms with E-state index in [2.05, 4.69) is 14.9 Å². The number of likely N-dealkylation sites (tertiary alicyclic amines) is 1. The third-order valence-electron chi connectivity index (χ3n) is 5.99. The molecule has 2 fully saturated rings. The van der Waals surface area contributed by atoms with Crippen LogP contribution in [-0.4, -0.2) is 71.1 Å². The number of thiophene rings is 1. The number of nitrogens with zero attached hydrogens (tertiary/aromatic N) is 3. The fourth-order valence-corrected chi connectivity index (χ4v) is 5.14. The summed E-state index contributed by atoms with van der Waals surface area (Å²) < 4.78 is 6.11. The summed E-state index contributed by atoms with van der Waals surface area (Å²) in [5.74, 6) is 0.514. The molecule has 4 heterocycles. The molecule has 1 amide bonds. The third kappa shape index (κ3) is 4.69. The molecule has 4 rings (SSSR count). The van der Waals surface area contributed by atoms with Crippen molar-refractivity contribution in [3.63, 3.8) is 0 Å². The minimum absolute atomic E-state index is 0.0872. The molecule has 0 unspecified atom stereocenters. The van der Waals surface area contributed by atoms with Gasteiger partial charge < -0.3 is 20.4 Å². The zero-order chi connectivity index (χ0) is 20.4. The van der Waals surface area contributed by atoms with Crippen molar-refractivity contribution >= 4 is 27.5 Å². The smallest absolute Gasteiger partial charge is 0.268 e. The molecule has 0 aromatic carbocycles. The van der Waals surface area contributed by atoms with Gasteiger partial charge in [0.05, 0.1) is 18.0 Å². The van der Waals surface area contributed by atoms with Crippen molar-refractivity contribution < 1.29 is 9.53 Å². The molecule has 0 spiro atoms. The van der Waals surface area contributed by atoms with Gasteiger partial charge in [-0.3, -0.25) is 14.5 Å². The van der Waals surface area contributed by atoms with Crippen molar-refractivity contribution in [3.8, 4) is 0 Å². The number of rotatable bonds is 4. The Labute approximate surface area is 174 Å². The second kappa shape index (κ2) is 8.91. The molecule has 2 saturated heterocycles. The second-order valence-electron chi connectivity index (χ2n) is 8.17. The lowest BCUT2D eigenvalue weighted by atomic mass is 10.00. The SMILES string of the molecule is CN(Cc1nc2ccsc2c(=O)[nH]1)C(=O)[C@@H]1CC[C@H](N)CN(C2CCOCC2)C1. The lowest BCUT2D eigenvalue weighted by Crippen LogP contribution is -2.47. The Morgan fingerprint density at radius 3 is 2.93 bits per heavy atom. The number of fused-ring (bicyclic) bond motifs is 1. The predicted octanol–water partition coefficient (Wildman–Crippen LogP) is 1.16. The average Bonchev–Trinajstić information content (AvgIpc) is 3.10. The molecule has 2 atom stereocenters. The first kappa shape index (κ1) is 20.5. The Kier molecular flexibility index (Phi) is 6.29. The molecule has 3 N–H and O–H groups in total. The number of ether oxygens (including phenoxy) is 1. The maximum absolute atomic E-state index is 13.2. The first-order valence-corrected chi connectivity index (χ1v) is 11.2. The van der Waals surface area contributed by atoms with Crippen molar-refractivity contribution in [3.05, 3.63) is 27.6 Å². The summed E-state index contributed by atoms with van der Waals surface area (Å²) in [6, 6.07) is 2.37. The number of aromatic amines is 1. The fraction of sp³-hybridized carbons (Fsp3) is 0.650. The summed E-state index contributed by atoms with van der Waals surface area (Å²) in [7, 11) is 1.78. The molecule has 0 saturated carbocycles. The summed E-state index contributed by atoms with van der Waals surface area (Å²) in [5.41, 5.74) is 6.84. The van der Waals surface area contributed by atoms with Crippen molar-refractivity contribution in [1.29, 1.82) is 0 Å². The van der Waals surface area contributed by atoms with Crippen LogP contribution < -0.4 is 11.3 Å². The van der Waals surface area contributed by atoms with Crippen LogP contribution in [0.25, 0.3) is 10.2 Å². The van der Waals surface area contributed by atoms with E-state index >= 15 is 0 Å². The highest BCUT2D eigenvalue weighted by atomic mass is 32.1. The molecule has 0 bridgehead atoms. The minimum atomic E-state index is -0.146. The minimum Gasteiger partial charge on any atom is -0.381 e. The second-order valence-corrected chi connectivity index (χ2v) is 9.09. The zero-order valence-electron chi connectivity index (χ0n) is 16.8. The highest BCUT2D eigenvalue weighted by Crippen LogP contribution is 2.24. The third-order valence-corrected chi connectivity index (χ3v) is 6.90. The van der Waals surface area contributed by atoms with Gasteiger partial charge in [0, 0.05) is 45.4 Å². The number of nitrogens with one attached hydrogen (secondary N) is 1. The van der Waals surface area contributed by atoms with Gasteiger partial charge in [-0.05, 0) is 37.1 Å². The quantitative estimate of drug-likeness (QED) is 0.771. The van der Waals surface area contributed by atoms with Gasteiger partial charge in [0.15, 0.2) is 0 Å². The number of carbonyl (C=O) groups is 1. The number of hydrogen-bond donors (Lipinski definition) is 2. The van der Waals surface area contributed by atoms with Gasteiger partial charge in [-0.15, -0.1) is 11.3 Å². The van der Waals surface area contributed by atoms with E-state index in [1.165, 1.54) is 11.3 Å². The van der Waals surface area contributed by atoms with Gasteiger partial charge in [-0.25, -0.2) is 4.98 Å². The van der Waals surface area contributed by atoms with Gasteiger partial charge in [0.1, 0.15) is 10.5 Å². The molecule has 2 aromatic heterocycles. The van der Waals surface area contributed by atoms with E-state index in [4.69, 9.17) is 10.5 Å². The summed E-state index contributed by atoms with van der Waals surface area (Å²) in [5, 5.41) is 1.85. The Balaban J connectivity index is 1.45. The van der Waals surface area contributed by atoms with Gasteiger partial charge in [0.25, 0.3) is 5.56 Å². The molecule has 2 aliphatic heterocycles. The van der Waals surface area contributed by atoms with Gasteiger partial charge in [0.2, 0.25) is 5.91 Å². The molecule has 9 heteroatoms. The first-order chi connectivity index (χ1) is 14.0. The Bertz CT molecular complexity index is 907. The summed E-state index contributed by atoms with van der Waals surface area (Å²) >= 11 is 1.37. The number of H-pyrrole nitrogens is 1. The van der Waals surface area contributed by atoms with Crippen LogP contribution in [0.1, 0.15) is 31.5 Å². The highest BCUT2D eigenvalue weighted by Gasteiger charge is 2.33. The summed E-state index contributed by atoms with van der Waals surface area (Å²) in [4.78, 5) is 36.8. The molecule has 2 aliphatic rings. The molecular weight excluding hydrogens is 390 g/mol. The number of carbonyl (C=O) groups excluding carboxylic acids is 1. The maximum atomic E-state index is 13.2. The van der Waals surface area contributed by atoms with E-state index in [1.807, 2.05) is 11.4 Å². The van der Waals surface area contributed by atoms with E-state index in [0.29, 0.717) is 28.6 Å². The van der Waals surface area contributed by atoms with Gasteiger partial charge in [-0.2, -0.15) is 0 Å². The first-order valence-electron chi connectivity index (χ1n) is 10.3. The number of nitrogens with two attached hydrogens (primary N) is 1. The van der Waals surface area contributed by atoms with Gasteiger partial charge >= 0.3 is 0 Å². The molecule has 8 nitrogen and oxygen atoms in total. The van der Waals surface area contributed by atoms with Crippen LogP contribution >= 0.6 is 11.3 Å². The lowest BCUT2D eigenvalue weighted by molar-refractivity contribution is -0.135. The average molecular weight is 420 g/mol. The van der Waals surface area contributed by atoms with Gasteiger partial charge in [-0.1, -0.05) is 0 Å². The van der Waals surface area contributed by atoms with E-state index < -0.39 is 0 Å². The predicted molar refractivity (Wildman–Crippen MR) is 113 cm³/mol. The highest BCUT2D eigenvalue weighted by molar-refractivity contribution is 7.17. The number of hydrogen-bond acceptors (Lipinski definition) is 7. The van der Waals surface area contributed by atoms with E-state index in [1.54, 1.807) is 11.9 Å². The molecule has 0 aliphatic carbocycles. The van der Waals surface area contributed by atoms with Crippen LogP contribution in [0.4, 0.5) is 0 Å². The normalized spacial score (nSPS) is 24.5. The molecule has 158 valence electrons. The standard InChI is InChI=1S/C20H29N5O3S/c1-24(12-17-22-16-6-9-29-18(16)19(26)23-17)20(27)13-2-3-14(21)11-25(10-13)15-4-7-28-8-5-15/h6,9,13-15H,2-5,7-8,10-12,21H2,1H3,(H,22,23,26)/t13-,14+/m1/s1. The Morgan fingerprint density at radius 2 is 2.14 bits per heavy atom. The molecular formula is C20H29N5O3S. The van der Waals surface area contributed by atoms with Crippen molar-refractivity contribution in [1.82, 2.24) is 19.8 Å². The van der Waals surface area contributed by atoms with Crippen LogP contribution in [0.15, 0.2) is 16.2 Å². The van der Waals surface area contributed by atoms with E-state index in [0.717, 1.165) is 52.0 Å². The van der Waals surface area contributed by atoms with E-state index in [-0.39, 0.29) is 23.4 Å². The van der Waals surface area contributed by atoms with Crippen LogP contribution in [0, 0.1) is 5.92 Å². The Hall–Kier alpha value is -1.81. The molecule has 2 aromatic rings. The molecule has 29 heavy (non-hydrogen) atoms. The number of aromatic nitrogens is 2. The lowest BCUT2D eigenvalue weighted by Gasteiger charge is -2.36. The van der Waals surface area contributed by atoms with Crippen molar-refractivity contribution in [2.45, 2.75) is 44.3 Å². The number of amides is 1. The monoisotopic (exact) mass is 419 g/mol. The van der Waals surface area contributed by atoms with Crippen LogP contribution in [0.3, 0.4) is 0 Å². The summed E-state index contributed by atoms with van der Waals surface area (Å²) in [6.07, 6.45) is 3.63. The maximum Gasteiger partial charge on any atom is 0.268 e. The topological polar surface area (TPSA) is 105 Å². The zero-order valence-corrected chi connectivity index (χ0v) is 17.6. The Morgan fingerprint density at radius 1 is 1.34 bits per heavy atom. The van der Waals surface area contributed by atoms with Crippen LogP contribution in [-0.2, 0) is 16.1 Å².